The fourth-order valence-corrected chi connectivity index (χ4v) is 2.24. The number of rotatable bonds is 2. The number of hydrogen-bond donors (Lipinski definition) is 1. The smallest absolute Gasteiger partial charge is 0.339 e. The van der Waals surface area contributed by atoms with E-state index in [0.29, 0.717) is 12.0 Å². The highest BCUT2D eigenvalue weighted by molar-refractivity contribution is 5.85. The summed E-state index contributed by atoms with van der Waals surface area (Å²) in [5.74, 6) is 0. The molecule has 0 aliphatic rings. The highest BCUT2D eigenvalue weighted by Crippen LogP contribution is 2.21. The molecule has 18 heavy (non-hydrogen) atoms. The molecule has 0 saturated carbocycles. The maximum atomic E-state index is 11.6. The van der Waals surface area contributed by atoms with Gasteiger partial charge in [0.2, 0.25) is 0 Å². The largest absolute Gasteiger partial charge is 0.360 e. The average Bonchev–Trinajstić information content (AvgIpc) is 2.71. The number of aromatic amines is 1. The van der Waals surface area contributed by atoms with Crippen molar-refractivity contribution >= 4 is 10.8 Å². The van der Waals surface area contributed by atoms with E-state index in [2.05, 4.69) is 23.4 Å². The van der Waals surface area contributed by atoms with E-state index in [1.54, 1.807) is 0 Å². The van der Waals surface area contributed by atoms with Crippen molar-refractivity contribution in [3.05, 3.63) is 69.7 Å². The Kier molecular flexibility index (Phi) is 2.52. The topological polar surface area (TPSA) is 46.0 Å². The molecule has 0 amide bonds. The van der Waals surface area contributed by atoms with Crippen LogP contribution in [0.1, 0.15) is 16.8 Å². The molecule has 2 aromatic carbocycles. The van der Waals surface area contributed by atoms with E-state index < -0.39 is 0 Å². The van der Waals surface area contributed by atoms with Crippen LogP contribution in [0.4, 0.5) is 0 Å². The fraction of sp³-hybridized carbons (Fsp3) is 0.133. The van der Waals surface area contributed by atoms with Gasteiger partial charge in [-0.15, -0.1) is 0 Å². The Morgan fingerprint density at radius 1 is 1.11 bits per heavy atom. The standard InChI is InChI=1S/C15H13NO2/c1-10-14(15(17)18-16-10)9-12-7-4-6-11-5-2-3-8-13(11)12/h2-8,16H,9H2,1H3. The molecule has 3 nitrogen and oxygen atoms in total. The van der Waals surface area contributed by atoms with Crippen molar-refractivity contribution in [3.63, 3.8) is 0 Å². The first kappa shape index (κ1) is 10.8. The van der Waals surface area contributed by atoms with Gasteiger partial charge in [0.25, 0.3) is 0 Å². The second kappa shape index (κ2) is 4.18. The van der Waals surface area contributed by atoms with E-state index in [1.165, 1.54) is 10.8 Å². The lowest BCUT2D eigenvalue weighted by Gasteiger charge is -2.04. The molecule has 0 bridgehead atoms. The van der Waals surface area contributed by atoms with Crippen LogP contribution in [-0.4, -0.2) is 5.16 Å². The summed E-state index contributed by atoms with van der Waals surface area (Å²) in [6.45, 7) is 1.85. The maximum Gasteiger partial charge on any atom is 0.360 e. The zero-order valence-corrected chi connectivity index (χ0v) is 10.1. The van der Waals surface area contributed by atoms with Crippen LogP contribution in [0.2, 0.25) is 0 Å². The Bertz CT molecular complexity index is 747. The van der Waals surface area contributed by atoms with Gasteiger partial charge in [-0.25, -0.2) is 9.95 Å². The molecule has 3 heteroatoms. The molecular weight excluding hydrogens is 226 g/mol. The van der Waals surface area contributed by atoms with Crippen molar-refractivity contribution in [2.45, 2.75) is 13.3 Å². The lowest BCUT2D eigenvalue weighted by molar-refractivity contribution is 0.386. The number of H-pyrrole nitrogens is 1. The summed E-state index contributed by atoms with van der Waals surface area (Å²) in [5.41, 5.74) is 2.36. The van der Waals surface area contributed by atoms with Gasteiger partial charge in [0.05, 0.1) is 11.3 Å². The van der Waals surface area contributed by atoms with Gasteiger partial charge in [-0.2, -0.15) is 0 Å². The van der Waals surface area contributed by atoms with Crippen molar-refractivity contribution in [1.29, 1.82) is 0 Å². The van der Waals surface area contributed by atoms with Crippen LogP contribution >= 0.6 is 0 Å². The van der Waals surface area contributed by atoms with Crippen molar-refractivity contribution < 1.29 is 4.52 Å². The minimum Gasteiger partial charge on any atom is -0.339 e. The van der Waals surface area contributed by atoms with Crippen LogP contribution in [0.5, 0.6) is 0 Å². The minimum atomic E-state index is -0.277. The SMILES string of the molecule is Cc1[nH]oc(=O)c1Cc1cccc2ccccc12. The van der Waals surface area contributed by atoms with Gasteiger partial charge >= 0.3 is 5.63 Å². The monoisotopic (exact) mass is 239 g/mol. The van der Waals surface area contributed by atoms with E-state index >= 15 is 0 Å². The fourth-order valence-electron chi connectivity index (χ4n) is 2.24. The van der Waals surface area contributed by atoms with E-state index in [1.807, 2.05) is 31.2 Å². The zero-order valence-electron chi connectivity index (χ0n) is 10.1. The second-order valence-electron chi connectivity index (χ2n) is 4.41. The Morgan fingerprint density at radius 3 is 2.67 bits per heavy atom. The molecule has 1 aromatic heterocycles. The first-order valence-corrected chi connectivity index (χ1v) is 5.89. The van der Waals surface area contributed by atoms with Crippen molar-refractivity contribution in [2.24, 2.45) is 0 Å². The normalized spacial score (nSPS) is 10.9. The molecule has 0 saturated heterocycles. The summed E-state index contributed by atoms with van der Waals surface area (Å²) in [7, 11) is 0. The minimum absolute atomic E-state index is 0.277. The van der Waals surface area contributed by atoms with Crippen LogP contribution in [0.3, 0.4) is 0 Å². The lowest BCUT2D eigenvalue weighted by atomic mass is 9.99. The molecular formula is C15H13NO2. The highest BCUT2D eigenvalue weighted by atomic mass is 16.5. The number of benzene rings is 2. The van der Waals surface area contributed by atoms with Gasteiger partial charge in [-0.3, -0.25) is 0 Å². The van der Waals surface area contributed by atoms with E-state index in [0.717, 1.165) is 11.3 Å². The third-order valence-electron chi connectivity index (χ3n) is 3.24. The van der Waals surface area contributed by atoms with Crippen LogP contribution in [-0.2, 0) is 6.42 Å². The number of aromatic nitrogens is 1. The number of hydrogen-bond acceptors (Lipinski definition) is 2. The lowest BCUT2D eigenvalue weighted by Crippen LogP contribution is -2.03. The molecule has 0 fully saturated rings. The number of fused-ring (bicyclic) bond motifs is 1. The quantitative estimate of drug-likeness (QED) is 0.747. The molecule has 0 aliphatic carbocycles. The predicted molar refractivity (Wildman–Crippen MR) is 70.8 cm³/mol. The molecule has 90 valence electrons. The van der Waals surface area contributed by atoms with Crippen LogP contribution in [0.25, 0.3) is 10.8 Å². The van der Waals surface area contributed by atoms with Gasteiger partial charge in [0.1, 0.15) is 0 Å². The van der Waals surface area contributed by atoms with E-state index in [-0.39, 0.29) is 5.63 Å². The van der Waals surface area contributed by atoms with Gasteiger partial charge in [0.15, 0.2) is 0 Å². The molecule has 0 aliphatic heterocycles. The zero-order chi connectivity index (χ0) is 12.5. The molecule has 1 heterocycles. The summed E-state index contributed by atoms with van der Waals surface area (Å²) >= 11 is 0. The maximum absolute atomic E-state index is 11.6. The Labute approximate surface area is 104 Å². The summed E-state index contributed by atoms with van der Waals surface area (Å²) in [6, 6.07) is 14.3. The van der Waals surface area contributed by atoms with Crippen LogP contribution in [0, 0.1) is 6.92 Å². The number of aryl methyl sites for hydroxylation is 1. The predicted octanol–water partition coefficient (Wildman–Crippen LogP) is 3.02. The first-order valence-electron chi connectivity index (χ1n) is 5.89. The van der Waals surface area contributed by atoms with E-state index in [9.17, 15) is 4.79 Å². The first-order chi connectivity index (χ1) is 8.75. The number of nitrogens with one attached hydrogen (secondary N) is 1. The summed E-state index contributed by atoms with van der Waals surface area (Å²) in [5, 5.41) is 4.99. The Balaban J connectivity index is 2.13. The molecule has 0 atom stereocenters. The molecule has 3 rings (SSSR count). The van der Waals surface area contributed by atoms with Gasteiger partial charge in [-0.1, -0.05) is 42.5 Å². The summed E-state index contributed by atoms with van der Waals surface area (Å²) in [6.07, 6.45) is 0.596. The molecule has 3 aromatic rings. The van der Waals surface area contributed by atoms with Crippen LogP contribution < -0.4 is 5.63 Å². The third kappa shape index (κ3) is 1.74. The van der Waals surface area contributed by atoms with Crippen molar-refractivity contribution in [1.82, 2.24) is 5.16 Å². The van der Waals surface area contributed by atoms with E-state index in [4.69, 9.17) is 4.52 Å². The molecule has 1 N–H and O–H groups in total. The van der Waals surface area contributed by atoms with Crippen molar-refractivity contribution in [2.75, 3.05) is 0 Å². The Morgan fingerprint density at radius 2 is 1.89 bits per heavy atom. The summed E-state index contributed by atoms with van der Waals surface area (Å²) < 4.78 is 4.80. The highest BCUT2D eigenvalue weighted by Gasteiger charge is 2.10. The average molecular weight is 239 g/mol. The third-order valence-corrected chi connectivity index (χ3v) is 3.24. The Hall–Kier alpha value is -2.29. The van der Waals surface area contributed by atoms with Crippen LogP contribution in [0.15, 0.2) is 51.8 Å². The second-order valence-corrected chi connectivity index (χ2v) is 4.41. The summed E-state index contributed by atoms with van der Waals surface area (Å²) in [4.78, 5) is 11.6. The van der Waals surface area contributed by atoms with Crippen molar-refractivity contribution in [3.8, 4) is 0 Å². The van der Waals surface area contributed by atoms with Gasteiger partial charge in [-0.05, 0) is 23.3 Å². The van der Waals surface area contributed by atoms with Gasteiger partial charge in [0, 0.05) is 6.42 Å². The molecule has 0 spiro atoms. The molecule has 0 radical (unpaired) electrons. The van der Waals surface area contributed by atoms with Gasteiger partial charge < -0.3 is 4.52 Å². The molecule has 0 unspecified atom stereocenters.